The number of rotatable bonds is 4. The number of nitrogens with two attached hydrogens (primary N) is 1. The van der Waals surface area contributed by atoms with Crippen molar-refractivity contribution in [3.05, 3.63) is 70.2 Å². The Bertz CT molecular complexity index is 557. The van der Waals surface area contributed by atoms with Gasteiger partial charge in [0.15, 0.2) is 0 Å². The number of nitrogens with one attached hydrogen (secondary N) is 1. The van der Waals surface area contributed by atoms with Gasteiger partial charge in [0.2, 0.25) is 0 Å². The van der Waals surface area contributed by atoms with Crippen molar-refractivity contribution >= 4 is 21.8 Å². The summed E-state index contributed by atoms with van der Waals surface area (Å²) in [6.45, 7) is 0.365. The number of amides is 1. The monoisotopic (exact) mass is 318 g/mol. The molecule has 19 heavy (non-hydrogen) atoms. The maximum atomic E-state index is 12.2. The van der Waals surface area contributed by atoms with Crippen LogP contribution in [0.3, 0.4) is 0 Å². The first kappa shape index (κ1) is 13.8. The highest BCUT2D eigenvalue weighted by Gasteiger charge is 2.14. The molecule has 0 fully saturated rings. The summed E-state index contributed by atoms with van der Waals surface area (Å²) in [5.74, 6) is -0.124. The van der Waals surface area contributed by atoms with Gasteiger partial charge in [0.05, 0.1) is 6.04 Å². The average Bonchev–Trinajstić information content (AvgIpc) is 2.45. The van der Waals surface area contributed by atoms with Crippen molar-refractivity contribution in [3.63, 3.8) is 0 Å². The van der Waals surface area contributed by atoms with Gasteiger partial charge in [-0.2, -0.15) is 0 Å². The van der Waals surface area contributed by atoms with Gasteiger partial charge < -0.3 is 11.1 Å². The van der Waals surface area contributed by atoms with Crippen LogP contribution in [0.2, 0.25) is 0 Å². The molecule has 0 aromatic heterocycles. The van der Waals surface area contributed by atoms with Crippen molar-refractivity contribution in [2.45, 2.75) is 6.04 Å². The molecule has 3 nitrogen and oxygen atoms in total. The van der Waals surface area contributed by atoms with Gasteiger partial charge in [0.1, 0.15) is 0 Å². The average molecular weight is 319 g/mol. The Morgan fingerprint density at radius 1 is 1.16 bits per heavy atom. The van der Waals surface area contributed by atoms with E-state index in [0.29, 0.717) is 12.1 Å². The molecule has 0 heterocycles. The fourth-order valence-corrected chi connectivity index (χ4v) is 2.23. The summed E-state index contributed by atoms with van der Waals surface area (Å²) < 4.78 is 0.879. The van der Waals surface area contributed by atoms with Gasteiger partial charge >= 0.3 is 0 Å². The van der Waals surface area contributed by atoms with E-state index in [1.165, 1.54) is 0 Å². The van der Waals surface area contributed by atoms with Crippen LogP contribution in [0.15, 0.2) is 59.1 Å². The van der Waals surface area contributed by atoms with E-state index >= 15 is 0 Å². The van der Waals surface area contributed by atoms with Crippen LogP contribution in [0.4, 0.5) is 0 Å². The van der Waals surface area contributed by atoms with E-state index in [-0.39, 0.29) is 11.9 Å². The summed E-state index contributed by atoms with van der Waals surface area (Å²) >= 11 is 3.35. The van der Waals surface area contributed by atoms with Gasteiger partial charge in [-0.15, -0.1) is 0 Å². The van der Waals surface area contributed by atoms with E-state index in [4.69, 9.17) is 5.73 Å². The summed E-state index contributed by atoms with van der Waals surface area (Å²) in [6.07, 6.45) is 0. The van der Waals surface area contributed by atoms with Crippen LogP contribution in [-0.4, -0.2) is 12.5 Å². The van der Waals surface area contributed by atoms with Crippen molar-refractivity contribution in [1.82, 2.24) is 5.32 Å². The van der Waals surface area contributed by atoms with Gasteiger partial charge in [0.25, 0.3) is 5.91 Å². The summed E-state index contributed by atoms with van der Waals surface area (Å²) in [7, 11) is 0. The lowest BCUT2D eigenvalue weighted by molar-refractivity contribution is 0.0938. The smallest absolute Gasteiger partial charge is 0.251 e. The Morgan fingerprint density at radius 2 is 1.89 bits per heavy atom. The van der Waals surface area contributed by atoms with E-state index in [1.54, 1.807) is 12.1 Å². The van der Waals surface area contributed by atoms with Crippen LogP contribution in [0.5, 0.6) is 0 Å². The molecule has 2 aromatic rings. The van der Waals surface area contributed by atoms with Crippen LogP contribution >= 0.6 is 15.9 Å². The Morgan fingerprint density at radius 3 is 2.53 bits per heavy atom. The zero-order valence-electron chi connectivity index (χ0n) is 10.3. The van der Waals surface area contributed by atoms with Crippen molar-refractivity contribution in [3.8, 4) is 0 Å². The van der Waals surface area contributed by atoms with Gasteiger partial charge in [-0.05, 0) is 23.8 Å². The van der Waals surface area contributed by atoms with Crippen LogP contribution in [0.1, 0.15) is 22.0 Å². The molecule has 0 saturated heterocycles. The molecule has 2 rings (SSSR count). The molecule has 0 bridgehead atoms. The van der Waals surface area contributed by atoms with E-state index < -0.39 is 0 Å². The number of benzene rings is 2. The van der Waals surface area contributed by atoms with Crippen LogP contribution < -0.4 is 11.1 Å². The standard InChI is InChI=1S/C15H15BrN2O/c16-13-8-4-7-12(9-13)15(19)18-14(10-17)11-5-2-1-3-6-11/h1-9,14H,10,17H2,(H,18,19)/t14-/m0/s1. The molecular weight excluding hydrogens is 304 g/mol. The summed E-state index contributed by atoms with van der Waals surface area (Å²) in [5, 5.41) is 2.94. The van der Waals surface area contributed by atoms with Crippen molar-refractivity contribution in [1.29, 1.82) is 0 Å². The van der Waals surface area contributed by atoms with Crippen LogP contribution in [-0.2, 0) is 0 Å². The minimum absolute atomic E-state index is 0.124. The Hall–Kier alpha value is -1.65. The summed E-state index contributed by atoms with van der Waals surface area (Å²) in [5.41, 5.74) is 7.36. The molecule has 0 aliphatic carbocycles. The maximum absolute atomic E-state index is 12.2. The largest absolute Gasteiger partial charge is 0.344 e. The second kappa shape index (κ2) is 6.50. The van der Waals surface area contributed by atoms with Gasteiger partial charge in [-0.1, -0.05) is 52.3 Å². The topological polar surface area (TPSA) is 55.1 Å². The molecule has 3 N–H and O–H groups in total. The first-order chi connectivity index (χ1) is 9.20. The highest BCUT2D eigenvalue weighted by molar-refractivity contribution is 9.10. The zero-order chi connectivity index (χ0) is 13.7. The SMILES string of the molecule is NC[C@H](NC(=O)c1cccc(Br)c1)c1ccccc1. The lowest BCUT2D eigenvalue weighted by Gasteiger charge is -2.17. The fourth-order valence-electron chi connectivity index (χ4n) is 1.83. The molecule has 1 atom stereocenters. The predicted molar refractivity (Wildman–Crippen MR) is 79.8 cm³/mol. The molecule has 0 unspecified atom stereocenters. The molecule has 2 aromatic carbocycles. The minimum Gasteiger partial charge on any atom is -0.344 e. The maximum Gasteiger partial charge on any atom is 0.251 e. The Balaban J connectivity index is 2.13. The van der Waals surface area contributed by atoms with E-state index in [0.717, 1.165) is 10.0 Å². The zero-order valence-corrected chi connectivity index (χ0v) is 11.9. The highest BCUT2D eigenvalue weighted by atomic mass is 79.9. The second-order valence-electron chi connectivity index (χ2n) is 4.18. The summed E-state index contributed by atoms with van der Waals surface area (Å²) in [4.78, 5) is 12.2. The first-order valence-corrected chi connectivity index (χ1v) is 6.81. The molecule has 0 radical (unpaired) electrons. The third-order valence-corrected chi connectivity index (χ3v) is 3.32. The van der Waals surface area contributed by atoms with E-state index in [9.17, 15) is 4.79 Å². The Kier molecular flexibility index (Phi) is 4.71. The van der Waals surface area contributed by atoms with Crippen molar-refractivity contribution in [2.24, 2.45) is 5.73 Å². The fraction of sp³-hybridized carbons (Fsp3) is 0.133. The van der Waals surface area contributed by atoms with Gasteiger partial charge in [-0.25, -0.2) is 0 Å². The number of halogens is 1. The highest BCUT2D eigenvalue weighted by Crippen LogP contribution is 2.14. The minimum atomic E-state index is -0.173. The molecule has 98 valence electrons. The Labute approximate surface area is 121 Å². The predicted octanol–water partition coefficient (Wildman–Crippen LogP) is 2.88. The second-order valence-corrected chi connectivity index (χ2v) is 5.10. The number of carbonyl (C=O) groups excluding carboxylic acids is 1. The first-order valence-electron chi connectivity index (χ1n) is 6.02. The normalized spacial score (nSPS) is 11.9. The van der Waals surface area contributed by atoms with Crippen molar-refractivity contribution < 1.29 is 4.79 Å². The van der Waals surface area contributed by atoms with Crippen molar-refractivity contribution in [2.75, 3.05) is 6.54 Å². The summed E-state index contributed by atoms with van der Waals surface area (Å²) in [6, 6.07) is 16.8. The number of carbonyl (C=O) groups is 1. The lowest BCUT2D eigenvalue weighted by Crippen LogP contribution is -2.33. The van der Waals surface area contributed by atoms with E-state index in [2.05, 4.69) is 21.2 Å². The van der Waals surface area contributed by atoms with Gasteiger partial charge in [-0.3, -0.25) is 4.79 Å². The van der Waals surface area contributed by atoms with E-state index in [1.807, 2.05) is 42.5 Å². The molecular formula is C15H15BrN2O. The van der Waals surface area contributed by atoms with Crippen LogP contribution in [0.25, 0.3) is 0 Å². The molecule has 4 heteroatoms. The molecule has 0 aliphatic heterocycles. The number of hydrogen-bond donors (Lipinski definition) is 2. The van der Waals surface area contributed by atoms with Gasteiger partial charge in [0, 0.05) is 16.6 Å². The quantitative estimate of drug-likeness (QED) is 0.910. The molecule has 0 saturated carbocycles. The molecule has 1 amide bonds. The molecule has 0 aliphatic rings. The third kappa shape index (κ3) is 3.66. The lowest BCUT2D eigenvalue weighted by atomic mass is 10.1. The number of hydrogen-bond acceptors (Lipinski definition) is 2. The molecule has 0 spiro atoms. The van der Waals surface area contributed by atoms with Crippen LogP contribution in [0, 0.1) is 0 Å². The third-order valence-electron chi connectivity index (χ3n) is 2.83.